The highest BCUT2D eigenvalue weighted by molar-refractivity contribution is 8.05. The Bertz CT molecular complexity index is 942. The lowest BCUT2D eigenvalue weighted by Crippen LogP contribution is -2.55. The number of hydrogen-bond donors (Lipinski definition) is 1. The molecule has 0 unspecified atom stereocenters. The van der Waals surface area contributed by atoms with Crippen LogP contribution in [-0.2, 0) is 29.6 Å². The predicted molar refractivity (Wildman–Crippen MR) is 93.1 cm³/mol. The quantitative estimate of drug-likeness (QED) is 0.390. The van der Waals surface area contributed by atoms with E-state index in [2.05, 4.69) is 0 Å². The van der Waals surface area contributed by atoms with Crippen molar-refractivity contribution >= 4 is 26.0 Å². The summed E-state index contributed by atoms with van der Waals surface area (Å²) in [4.78, 5) is 12.5. The summed E-state index contributed by atoms with van der Waals surface area (Å²) < 4.78 is 141. The normalized spacial score (nSPS) is 31.0. The highest BCUT2D eigenvalue weighted by Gasteiger charge is 2.67. The number of hydrogen-bond acceptors (Lipinski definition) is 6. The molecular weight excluding hydrogens is 499 g/mol. The van der Waals surface area contributed by atoms with Gasteiger partial charge in [0, 0.05) is 0 Å². The molecule has 0 aromatic heterocycles. The molecule has 32 heavy (non-hydrogen) atoms. The Kier molecular flexibility index (Phi) is 6.11. The average Bonchev–Trinajstić information content (AvgIpc) is 2.58. The zero-order valence-electron chi connectivity index (χ0n) is 16.3. The second-order valence-electron chi connectivity index (χ2n) is 8.84. The topological polar surface area (TPSA) is 107 Å². The molecule has 0 spiro atoms. The van der Waals surface area contributed by atoms with Crippen LogP contribution < -0.4 is 4.13 Å². The molecule has 7 nitrogen and oxygen atoms in total. The van der Waals surface area contributed by atoms with Crippen molar-refractivity contribution in [1.29, 1.82) is 0 Å². The van der Waals surface area contributed by atoms with Crippen molar-refractivity contribution in [3.8, 4) is 0 Å². The molecule has 16 heteroatoms. The molecular formula is C16H20F7NO6S2. The third kappa shape index (κ3) is 4.33. The molecule has 4 aliphatic carbocycles. The van der Waals surface area contributed by atoms with Gasteiger partial charge in [-0.15, -0.1) is 0 Å². The molecule has 4 bridgehead atoms. The van der Waals surface area contributed by atoms with Crippen molar-refractivity contribution in [2.45, 2.75) is 61.6 Å². The molecule has 0 atom stereocenters. The second kappa shape index (κ2) is 7.68. The summed E-state index contributed by atoms with van der Waals surface area (Å²) in [5.41, 5.74) is -7.24. The third-order valence-corrected chi connectivity index (χ3v) is 9.75. The number of rotatable bonds is 8. The van der Waals surface area contributed by atoms with Crippen LogP contribution >= 0.6 is 0 Å². The van der Waals surface area contributed by atoms with E-state index < -0.39 is 65.3 Å². The summed E-state index contributed by atoms with van der Waals surface area (Å²) in [6, 6.07) is 0. The Morgan fingerprint density at radius 3 is 1.69 bits per heavy atom. The largest absolute Gasteiger partial charge is 0.512 e. The van der Waals surface area contributed by atoms with Crippen molar-refractivity contribution < 1.29 is 57.1 Å². The summed E-state index contributed by atoms with van der Waals surface area (Å²) in [6.45, 7) is -1.33. The zero-order chi connectivity index (χ0) is 24.4. The van der Waals surface area contributed by atoms with Gasteiger partial charge in [0.1, 0.15) is 0 Å². The molecule has 0 radical (unpaired) electrons. The van der Waals surface area contributed by atoms with Crippen molar-refractivity contribution in [2.24, 2.45) is 23.2 Å². The van der Waals surface area contributed by atoms with Gasteiger partial charge in [0.25, 0.3) is 10.0 Å². The van der Waals surface area contributed by atoms with Gasteiger partial charge in [-0.2, -0.15) is 30.7 Å². The van der Waals surface area contributed by atoms with Crippen LogP contribution in [0.4, 0.5) is 30.7 Å². The number of sulfonamides is 2. The standard InChI is InChI=1S/C16H20F7NO6S2/c17-14(18,15(19,20)31(26,27)24-32(28,29)16(21,22)23)1-2-30-12(25)13-6-9-3-10(7-13)5-11(4-9)8-13/h9-11,24H,1-8H2. The minimum Gasteiger partial charge on any atom is -0.465 e. The van der Waals surface area contributed by atoms with Gasteiger partial charge < -0.3 is 4.74 Å². The van der Waals surface area contributed by atoms with E-state index in [1.807, 2.05) is 0 Å². The van der Waals surface area contributed by atoms with E-state index in [9.17, 15) is 52.4 Å². The number of nitrogens with one attached hydrogen (secondary N) is 1. The predicted octanol–water partition coefficient (Wildman–Crippen LogP) is 3.13. The molecule has 0 aromatic carbocycles. The Balaban J connectivity index is 1.64. The van der Waals surface area contributed by atoms with Gasteiger partial charge in [0.15, 0.2) is 0 Å². The maximum Gasteiger partial charge on any atom is 0.512 e. The van der Waals surface area contributed by atoms with E-state index in [1.165, 1.54) is 0 Å². The maximum atomic E-state index is 13.9. The SMILES string of the molecule is O=C(OCCC(F)(F)C(F)(F)S(=O)(=O)NS(=O)(=O)C(F)(F)F)C12CC3CC(CC(C3)C1)C2. The maximum absolute atomic E-state index is 13.9. The van der Waals surface area contributed by atoms with Crippen molar-refractivity contribution in [1.82, 2.24) is 4.13 Å². The zero-order valence-corrected chi connectivity index (χ0v) is 17.9. The van der Waals surface area contributed by atoms with Gasteiger partial charge in [-0.1, -0.05) is 4.13 Å². The summed E-state index contributed by atoms with van der Waals surface area (Å²) in [7, 11) is -13.9. The van der Waals surface area contributed by atoms with Crippen molar-refractivity contribution in [3.63, 3.8) is 0 Å². The van der Waals surface area contributed by atoms with Crippen molar-refractivity contribution in [3.05, 3.63) is 0 Å². The molecule has 0 aliphatic heterocycles. The lowest BCUT2D eigenvalue weighted by Gasteiger charge is -2.55. The molecule has 0 heterocycles. The molecule has 0 aromatic rings. The van der Waals surface area contributed by atoms with E-state index in [0.717, 1.165) is 19.3 Å². The Hall–Kier alpha value is -1.16. The lowest BCUT2D eigenvalue weighted by atomic mass is 9.49. The Morgan fingerprint density at radius 1 is 0.844 bits per heavy atom. The minimum atomic E-state index is -7.03. The van der Waals surface area contributed by atoms with Crippen LogP contribution in [-0.4, -0.2) is 46.1 Å². The highest BCUT2D eigenvalue weighted by atomic mass is 32.3. The first-order valence-corrected chi connectivity index (χ1v) is 12.6. The minimum absolute atomic E-state index is 0.284. The first-order chi connectivity index (χ1) is 14.3. The molecule has 4 rings (SSSR count). The summed E-state index contributed by atoms with van der Waals surface area (Å²) in [5.74, 6) is -5.54. The van der Waals surface area contributed by atoms with Gasteiger partial charge in [-0.05, 0) is 56.3 Å². The number of esters is 1. The molecule has 1 N–H and O–H groups in total. The van der Waals surface area contributed by atoms with E-state index in [0.29, 0.717) is 19.3 Å². The van der Waals surface area contributed by atoms with Gasteiger partial charge in [-0.3, -0.25) is 4.79 Å². The molecule has 4 aliphatic rings. The lowest BCUT2D eigenvalue weighted by molar-refractivity contribution is -0.184. The smallest absolute Gasteiger partial charge is 0.465 e. The fraction of sp³-hybridized carbons (Fsp3) is 0.938. The Morgan fingerprint density at radius 2 is 1.28 bits per heavy atom. The summed E-state index contributed by atoms with van der Waals surface area (Å²) in [6.07, 6.45) is 2.24. The van der Waals surface area contributed by atoms with E-state index in [4.69, 9.17) is 4.74 Å². The molecule has 4 fully saturated rings. The van der Waals surface area contributed by atoms with E-state index in [-0.39, 0.29) is 17.8 Å². The van der Waals surface area contributed by atoms with Gasteiger partial charge >= 0.3 is 32.7 Å². The molecule has 4 saturated carbocycles. The first-order valence-electron chi connectivity index (χ1n) is 9.59. The van der Waals surface area contributed by atoms with Crippen LogP contribution in [0.1, 0.15) is 44.9 Å². The number of carbonyl (C=O) groups excluding carboxylic acids is 1. The average molecular weight is 519 g/mol. The number of halogens is 7. The number of carbonyl (C=O) groups is 1. The summed E-state index contributed by atoms with van der Waals surface area (Å²) in [5, 5.41) is -6.24. The van der Waals surface area contributed by atoms with Crippen LogP contribution in [0.5, 0.6) is 0 Å². The monoisotopic (exact) mass is 519 g/mol. The van der Waals surface area contributed by atoms with Crippen LogP contribution in [0.2, 0.25) is 0 Å². The van der Waals surface area contributed by atoms with Gasteiger partial charge in [0.2, 0.25) is 0 Å². The second-order valence-corrected chi connectivity index (χ2v) is 12.5. The fourth-order valence-corrected chi connectivity index (χ4v) is 7.82. The fourth-order valence-electron chi connectivity index (χ4n) is 5.37. The number of ether oxygens (including phenoxy) is 1. The van der Waals surface area contributed by atoms with Crippen LogP contribution in [0.25, 0.3) is 0 Å². The van der Waals surface area contributed by atoms with Crippen molar-refractivity contribution in [2.75, 3.05) is 6.61 Å². The van der Waals surface area contributed by atoms with Gasteiger partial charge in [-0.25, -0.2) is 16.8 Å². The number of alkyl halides is 7. The van der Waals surface area contributed by atoms with Crippen LogP contribution in [0.3, 0.4) is 0 Å². The molecule has 186 valence electrons. The molecule has 0 amide bonds. The highest BCUT2D eigenvalue weighted by Crippen LogP contribution is 2.60. The Labute approximate surface area is 179 Å². The van der Waals surface area contributed by atoms with Gasteiger partial charge in [0.05, 0.1) is 18.4 Å². The summed E-state index contributed by atoms with van der Waals surface area (Å²) >= 11 is 0. The van der Waals surface area contributed by atoms with Crippen LogP contribution in [0.15, 0.2) is 0 Å². The van der Waals surface area contributed by atoms with E-state index >= 15 is 0 Å². The van der Waals surface area contributed by atoms with E-state index in [1.54, 1.807) is 0 Å². The molecule has 0 saturated heterocycles. The van der Waals surface area contributed by atoms with Crippen LogP contribution in [0, 0.1) is 23.2 Å². The first kappa shape index (κ1) is 25.5. The third-order valence-electron chi connectivity index (χ3n) is 6.41.